The zero-order valence-corrected chi connectivity index (χ0v) is 9.51. The molecule has 1 fully saturated rings. The number of nitrogens with zero attached hydrogens (tertiary/aromatic N) is 1. The van der Waals surface area contributed by atoms with Gasteiger partial charge in [0.05, 0.1) is 0 Å². The van der Waals surface area contributed by atoms with E-state index in [1.807, 2.05) is 0 Å². The van der Waals surface area contributed by atoms with Crippen molar-refractivity contribution < 1.29 is 5.48 Å². The van der Waals surface area contributed by atoms with Gasteiger partial charge < -0.3 is 10.4 Å². The predicted octanol–water partition coefficient (Wildman–Crippen LogP) is 1.94. The molecule has 2 nitrogen and oxygen atoms in total. The normalized spacial score (nSPS) is 35.5. The smallest absolute Gasteiger partial charge is 0.0118 e. The van der Waals surface area contributed by atoms with Crippen LogP contribution in [-0.2, 0) is 0 Å². The van der Waals surface area contributed by atoms with E-state index in [0.29, 0.717) is 0 Å². The Labute approximate surface area is 82.6 Å². The molecule has 0 aliphatic carbocycles. The first-order chi connectivity index (χ1) is 5.69. The molecule has 1 aliphatic heterocycles. The molecule has 2 heteroatoms. The van der Waals surface area contributed by atoms with Gasteiger partial charge >= 0.3 is 0 Å². The lowest BCUT2D eigenvalue weighted by Crippen LogP contribution is -2.46. The Balaban J connectivity index is 0.00000144. The van der Waals surface area contributed by atoms with Crippen LogP contribution in [0.15, 0.2) is 0 Å². The predicted molar refractivity (Wildman–Crippen MR) is 57.9 cm³/mol. The first kappa shape index (κ1) is 12.9. The summed E-state index contributed by atoms with van der Waals surface area (Å²) >= 11 is 0. The fourth-order valence-corrected chi connectivity index (χ4v) is 2.79. The van der Waals surface area contributed by atoms with Crippen LogP contribution in [0.2, 0.25) is 0 Å². The summed E-state index contributed by atoms with van der Waals surface area (Å²) in [4.78, 5) is 2.65. The van der Waals surface area contributed by atoms with Gasteiger partial charge in [0, 0.05) is 12.6 Å². The standard InChI is InChI=1S/C11H23N.H2O/c1-5-11-10(4)7-9(3)8-12(11)6-2;/h9-11H,5-8H2,1-4H3;1H2. The van der Waals surface area contributed by atoms with E-state index in [1.54, 1.807) is 0 Å². The van der Waals surface area contributed by atoms with Gasteiger partial charge in [-0.1, -0.05) is 27.7 Å². The number of hydrogen-bond donors (Lipinski definition) is 0. The molecule has 80 valence electrons. The van der Waals surface area contributed by atoms with Gasteiger partial charge in [-0.25, -0.2) is 0 Å². The van der Waals surface area contributed by atoms with Crippen molar-refractivity contribution in [1.29, 1.82) is 0 Å². The summed E-state index contributed by atoms with van der Waals surface area (Å²) in [5.74, 6) is 1.81. The molecule has 0 bridgehead atoms. The summed E-state index contributed by atoms with van der Waals surface area (Å²) in [6.07, 6.45) is 2.75. The van der Waals surface area contributed by atoms with E-state index in [2.05, 4.69) is 32.6 Å². The Morgan fingerprint density at radius 2 is 1.85 bits per heavy atom. The molecule has 0 aromatic heterocycles. The minimum absolute atomic E-state index is 0. The Morgan fingerprint density at radius 1 is 1.23 bits per heavy atom. The second-order valence-corrected chi connectivity index (χ2v) is 4.38. The van der Waals surface area contributed by atoms with Gasteiger partial charge in [-0.2, -0.15) is 0 Å². The highest BCUT2D eigenvalue weighted by Gasteiger charge is 2.29. The highest BCUT2D eigenvalue weighted by atomic mass is 16.0. The van der Waals surface area contributed by atoms with Crippen molar-refractivity contribution >= 4 is 0 Å². The van der Waals surface area contributed by atoms with Crippen LogP contribution in [0.1, 0.15) is 40.5 Å². The third-order valence-electron chi connectivity index (χ3n) is 3.27. The van der Waals surface area contributed by atoms with Crippen LogP contribution in [0.4, 0.5) is 0 Å². The van der Waals surface area contributed by atoms with Gasteiger partial charge in [0.2, 0.25) is 0 Å². The molecule has 1 aliphatic rings. The van der Waals surface area contributed by atoms with Crippen LogP contribution >= 0.6 is 0 Å². The molecule has 0 aromatic carbocycles. The van der Waals surface area contributed by atoms with Crippen molar-refractivity contribution in [3.63, 3.8) is 0 Å². The van der Waals surface area contributed by atoms with E-state index in [9.17, 15) is 0 Å². The molecule has 0 aromatic rings. The average Bonchev–Trinajstić information content (AvgIpc) is 2.03. The van der Waals surface area contributed by atoms with Crippen LogP contribution in [0.3, 0.4) is 0 Å². The summed E-state index contributed by atoms with van der Waals surface area (Å²) in [6, 6.07) is 0.853. The second kappa shape index (κ2) is 5.61. The topological polar surface area (TPSA) is 34.7 Å². The Morgan fingerprint density at radius 3 is 2.31 bits per heavy atom. The zero-order chi connectivity index (χ0) is 9.14. The van der Waals surface area contributed by atoms with Gasteiger partial charge in [0.15, 0.2) is 0 Å². The number of piperidine rings is 1. The molecule has 0 spiro atoms. The fraction of sp³-hybridized carbons (Fsp3) is 1.00. The lowest BCUT2D eigenvalue weighted by Gasteiger charge is -2.42. The number of hydrogen-bond acceptors (Lipinski definition) is 1. The maximum Gasteiger partial charge on any atom is 0.0118 e. The lowest BCUT2D eigenvalue weighted by atomic mass is 9.84. The second-order valence-electron chi connectivity index (χ2n) is 4.38. The molecule has 0 radical (unpaired) electrons. The molecule has 1 rings (SSSR count). The molecule has 1 heterocycles. The third kappa shape index (κ3) is 2.96. The molecule has 3 atom stereocenters. The Bertz CT molecular complexity index is 138. The van der Waals surface area contributed by atoms with E-state index >= 15 is 0 Å². The van der Waals surface area contributed by atoms with Gasteiger partial charge in [0.25, 0.3) is 0 Å². The van der Waals surface area contributed by atoms with E-state index in [1.165, 1.54) is 25.9 Å². The zero-order valence-electron chi connectivity index (χ0n) is 9.51. The maximum atomic E-state index is 2.65. The first-order valence-corrected chi connectivity index (χ1v) is 5.43. The first-order valence-electron chi connectivity index (χ1n) is 5.43. The molecule has 0 amide bonds. The molecule has 13 heavy (non-hydrogen) atoms. The van der Waals surface area contributed by atoms with Crippen molar-refractivity contribution in [2.24, 2.45) is 11.8 Å². The molecule has 1 saturated heterocycles. The van der Waals surface area contributed by atoms with Crippen molar-refractivity contribution in [3.8, 4) is 0 Å². The van der Waals surface area contributed by atoms with Crippen LogP contribution in [0, 0.1) is 11.8 Å². The minimum Gasteiger partial charge on any atom is -0.412 e. The molecule has 3 unspecified atom stereocenters. The maximum absolute atomic E-state index is 2.65. The SMILES string of the molecule is CCC1C(C)CC(C)CN1CC.O. The highest BCUT2D eigenvalue weighted by molar-refractivity contribution is 4.83. The van der Waals surface area contributed by atoms with Gasteiger partial charge in [-0.15, -0.1) is 0 Å². The van der Waals surface area contributed by atoms with E-state index in [4.69, 9.17) is 0 Å². The summed E-state index contributed by atoms with van der Waals surface area (Å²) < 4.78 is 0. The third-order valence-corrected chi connectivity index (χ3v) is 3.27. The van der Waals surface area contributed by atoms with E-state index in [-0.39, 0.29) is 5.48 Å². The number of rotatable bonds is 2. The average molecular weight is 187 g/mol. The summed E-state index contributed by atoms with van der Waals surface area (Å²) in [5.41, 5.74) is 0. The largest absolute Gasteiger partial charge is 0.412 e. The van der Waals surface area contributed by atoms with Crippen molar-refractivity contribution in [2.75, 3.05) is 13.1 Å². The van der Waals surface area contributed by atoms with Gasteiger partial charge in [-0.05, 0) is 31.2 Å². The van der Waals surface area contributed by atoms with Crippen LogP contribution in [0.25, 0.3) is 0 Å². The van der Waals surface area contributed by atoms with Gasteiger partial charge in [-0.3, -0.25) is 0 Å². The summed E-state index contributed by atoms with van der Waals surface area (Å²) in [5, 5.41) is 0. The Kier molecular flexibility index (Phi) is 5.57. The van der Waals surface area contributed by atoms with Crippen LogP contribution in [0.5, 0.6) is 0 Å². The van der Waals surface area contributed by atoms with Crippen LogP contribution in [-0.4, -0.2) is 29.5 Å². The quantitative estimate of drug-likeness (QED) is 0.650. The Hall–Kier alpha value is -0.0800. The summed E-state index contributed by atoms with van der Waals surface area (Å²) in [7, 11) is 0. The highest BCUT2D eigenvalue weighted by Crippen LogP contribution is 2.28. The lowest BCUT2D eigenvalue weighted by molar-refractivity contribution is 0.0712. The van der Waals surface area contributed by atoms with E-state index in [0.717, 1.165) is 17.9 Å². The van der Waals surface area contributed by atoms with Crippen molar-refractivity contribution in [2.45, 2.75) is 46.6 Å². The van der Waals surface area contributed by atoms with Crippen molar-refractivity contribution in [1.82, 2.24) is 4.90 Å². The van der Waals surface area contributed by atoms with Crippen LogP contribution < -0.4 is 0 Å². The summed E-state index contributed by atoms with van der Waals surface area (Å²) in [6.45, 7) is 11.9. The number of likely N-dealkylation sites (tertiary alicyclic amines) is 1. The molecule has 2 N–H and O–H groups in total. The van der Waals surface area contributed by atoms with E-state index < -0.39 is 0 Å². The monoisotopic (exact) mass is 187 g/mol. The fourth-order valence-electron chi connectivity index (χ4n) is 2.79. The van der Waals surface area contributed by atoms with Gasteiger partial charge in [0.1, 0.15) is 0 Å². The molecular weight excluding hydrogens is 162 g/mol. The minimum atomic E-state index is 0. The molecular formula is C11H25NO. The molecule has 0 saturated carbocycles. The van der Waals surface area contributed by atoms with Crippen molar-refractivity contribution in [3.05, 3.63) is 0 Å².